The number of nitrogens with two attached hydrogens (primary N) is 1. The van der Waals surface area contributed by atoms with Crippen LogP contribution in [-0.4, -0.2) is 24.6 Å². The zero-order chi connectivity index (χ0) is 13.1. The van der Waals surface area contributed by atoms with Gasteiger partial charge in [-0.1, -0.05) is 32.0 Å². The van der Waals surface area contributed by atoms with Gasteiger partial charge in [-0.3, -0.25) is 4.79 Å². The number of benzene rings is 1. The van der Waals surface area contributed by atoms with E-state index in [-0.39, 0.29) is 17.9 Å². The highest BCUT2D eigenvalue weighted by Gasteiger charge is 2.24. The minimum atomic E-state index is -0.450. The van der Waals surface area contributed by atoms with Crippen molar-refractivity contribution in [3.8, 4) is 5.75 Å². The van der Waals surface area contributed by atoms with Crippen LogP contribution < -0.4 is 15.8 Å². The number of carbonyl (C=O) groups is 1. The Kier molecular flexibility index (Phi) is 3.87. The third-order valence-electron chi connectivity index (χ3n) is 3.24. The molecule has 0 fully saturated rings. The van der Waals surface area contributed by atoms with Crippen LogP contribution in [0, 0.1) is 5.92 Å². The Balaban J connectivity index is 1.82. The number of rotatable bonds is 4. The predicted octanol–water partition coefficient (Wildman–Crippen LogP) is 1.09. The van der Waals surface area contributed by atoms with E-state index in [2.05, 4.69) is 11.4 Å². The molecule has 0 spiro atoms. The van der Waals surface area contributed by atoms with Gasteiger partial charge in [0.2, 0.25) is 5.91 Å². The zero-order valence-corrected chi connectivity index (χ0v) is 10.8. The van der Waals surface area contributed by atoms with Crippen LogP contribution in [0.4, 0.5) is 0 Å². The summed E-state index contributed by atoms with van der Waals surface area (Å²) < 4.78 is 5.74. The van der Waals surface area contributed by atoms with E-state index in [9.17, 15) is 4.79 Å². The first-order valence-electron chi connectivity index (χ1n) is 6.35. The molecule has 1 heterocycles. The second-order valence-electron chi connectivity index (χ2n) is 5.07. The molecule has 2 unspecified atom stereocenters. The molecule has 0 aliphatic carbocycles. The van der Waals surface area contributed by atoms with Crippen molar-refractivity contribution in [2.45, 2.75) is 32.4 Å². The Morgan fingerprint density at radius 1 is 1.50 bits per heavy atom. The molecule has 0 saturated carbocycles. The van der Waals surface area contributed by atoms with Crippen LogP contribution in [-0.2, 0) is 11.2 Å². The maximum Gasteiger partial charge on any atom is 0.237 e. The van der Waals surface area contributed by atoms with Gasteiger partial charge in [0.05, 0.1) is 12.6 Å². The molecule has 0 bridgehead atoms. The van der Waals surface area contributed by atoms with E-state index in [0.29, 0.717) is 6.54 Å². The zero-order valence-electron chi connectivity index (χ0n) is 10.8. The van der Waals surface area contributed by atoms with Crippen LogP contribution in [0.15, 0.2) is 24.3 Å². The van der Waals surface area contributed by atoms with E-state index in [1.54, 1.807) is 0 Å². The molecule has 1 aromatic carbocycles. The molecule has 18 heavy (non-hydrogen) atoms. The first-order valence-corrected chi connectivity index (χ1v) is 6.35. The largest absolute Gasteiger partial charge is 0.488 e. The minimum Gasteiger partial charge on any atom is -0.488 e. The van der Waals surface area contributed by atoms with Crippen molar-refractivity contribution in [3.05, 3.63) is 29.8 Å². The monoisotopic (exact) mass is 248 g/mol. The molecule has 1 aromatic rings. The SMILES string of the molecule is CC(C)C(N)C(=O)NCC1Cc2ccccc2O1. The van der Waals surface area contributed by atoms with Crippen molar-refractivity contribution in [3.63, 3.8) is 0 Å². The molecule has 1 amide bonds. The Morgan fingerprint density at radius 2 is 2.22 bits per heavy atom. The van der Waals surface area contributed by atoms with Gasteiger partial charge < -0.3 is 15.8 Å². The molecule has 1 aliphatic heterocycles. The Bertz CT molecular complexity index is 407. The van der Waals surface area contributed by atoms with Gasteiger partial charge in [-0.2, -0.15) is 0 Å². The summed E-state index contributed by atoms with van der Waals surface area (Å²) in [7, 11) is 0. The van der Waals surface area contributed by atoms with Crippen molar-refractivity contribution in [1.29, 1.82) is 0 Å². The number of fused-ring (bicyclic) bond motifs is 1. The Labute approximate surface area is 108 Å². The smallest absolute Gasteiger partial charge is 0.237 e. The molecule has 4 nitrogen and oxygen atoms in total. The fraction of sp³-hybridized carbons (Fsp3) is 0.500. The van der Waals surface area contributed by atoms with Gasteiger partial charge in [0.25, 0.3) is 0 Å². The maximum atomic E-state index is 11.7. The molecule has 0 saturated heterocycles. The van der Waals surface area contributed by atoms with E-state index in [1.807, 2.05) is 32.0 Å². The van der Waals surface area contributed by atoms with Gasteiger partial charge in [0, 0.05) is 6.42 Å². The van der Waals surface area contributed by atoms with E-state index >= 15 is 0 Å². The van der Waals surface area contributed by atoms with Gasteiger partial charge in [0.15, 0.2) is 0 Å². The van der Waals surface area contributed by atoms with Crippen LogP contribution >= 0.6 is 0 Å². The summed E-state index contributed by atoms with van der Waals surface area (Å²) in [6.07, 6.45) is 0.860. The highest BCUT2D eigenvalue weighted by atomic mass is 16.5. The second-order valence-corrected chi connectivity index (χ2v) is 5.07. The van der Waals surface area contributed by atoms with Gasteiger partial charge in [0.1, 0.15) is 11.9 Å². The molecule has 1 aliphatic rings. The first kappa shape index (κ1) is 12.9. The van der Waals surface area contributed by atoms with Gasteiger partial charge in [-0.05, 0) is 17.5 Å². The van der Waals surface area contributed by atoms with E-state index in [1.165, 1.54) is 5.56 Å². The summed E-state index contributed by atoms with van der Waals surface area (Å²) in [5, 5.41) is 2.85. The number of nitrogens with one attached hydrogen (secondary N) is 1. The van der Waals surface area contributed by atoms with Crippen LogP contribution in [0.25, 0.3) is 0 Å². The maximum absolute atomic E-state index is 11.7. The highest BCUT2D eigenvalue weighted by Crippen LogP contribution is 2.27. The summed E-state index contributed by atoms with van der Waals surface area (Å²) in [5.74, 6) is 0.959. The summed E-state index contributed by atoms with van der Waals surface area (Å²) in [5.41, 5.74) is 6.98. The fourth-order valence-electron chi connectivity index (χ4n) is 2.00. The lowest BCUT2D eigenvalue weighted by atomic mass is 10.0. The molecular formula is C14H20N2O2. The summed E-state index contributed by atoms with van der Waals surface area (Å²) >= 11 is 0. The molecular weight excluding hydrogens is 228 g/mol. The highest BCUT2D eigenvalue weighted by molar-refractivity contribution is 5.81. The normalized spacial score (nSPS) is 19.2. The number of para-hydroxylation sites is 1. The van der Waals surface area contributed by atoms with E-state index in [4.69, 9.17) is 10.5 Å². The molecule has 0 aromatic heterocycles. The molecule has 2 rings (SSSR count). The number of ether oxygens (including phenoxy) is 1. The number of amides is 1. The number of hydrogen-bond donors (Lipinski definition) is 2. The average molecular weight is 248 g/mol. The lowest BCUT2D eigenvalue weighted by Gasteiger charge is -2.17. The standard InChI is InChI=1S/C14H20N2O2/c1-9(2)13(15)14(17)16-8-11-7-10-5-3-4-6-12(10)18-11/h3-6,9,11,13H,7-8,15H2,1-2H3,(H,16,17). The van der Waals surface area contributed by atoms with Crippen molar-refractivity contribution in [2.75, 3.05) is 6.54 Å². The molecule has 3 N–H and O–H groups in total. The minimum absolute atomic E-state index is 0.0192. The molecule has 4 heteroatoms. The van der Waals surface area contributed by atoms with Crippen LogP contribution in [0.2, 0.25) is 0 Å². The first-order chi connectivity index (χ1) is 8.58. The van der Waals surface area contributed by atoms with Gasteiger partial charge >= 0.3 is 0 Å². The quantitative estimate of drug-likeness (QED) is 0.838. The topological polar surface area (TPSA) is 64.4 Å². The van der Waals surface area contributed by atoms with Crippen molar-refractivity contribution < 1.29 is 9.53 Å². The number of carbonyl (C=O) groups excluding carboxylic acids is 1. The Hall–Kier alpha value is -1.55. The van der Waals surface area contributed by atoms with Gasteiger partial charge in [-0.15, -0.1) is 0 Å². The van der Waals surface area contributed by atoms with E-state index < -0.39 is 6.04 Å². The van der Waals surface area contributed by atoms with Crippen LogP contribution in [0.5, 0.6) is 5.75 Å². The lowest BCUT2D eigenvalue weighted by molar-refractivity contribution is -0.123. The van der Waals surface area contributed by atoms with E-state index in [0.717, 1.165) is 12.2 Å². The molecule has 0 radical (unpaired) electrons. The third-order valence-corrected chi connectivity index (χ3v) is 3.24. The van der Waals surface area contributed by atoms with Crippen LogP contribution in [0.3, 0.4) is 0 Å². The second kappa shape index (κ2) is 5.40. The third kappa shape index (κ3) is 2.82. The van der Waals surface area contributed by atoms with Crippen LogP contribution in [0.1, 0.15) is 19.4 Å². The average Bonchev–Trinajstić information content (AvgIpc) is 2.77. The van der Waals surface area contributed by atoms with Crippen molar-refractivity contribution in [2.24, 2.45) is 11.7 Å². The fourth-order valence-corrected chi connectivity index (χ4v) is 2.00. The summed E-state index contributed by atoms with van der Waals surface area (Å²) in [6.45, 7) is 4.38. The number of hydrogen-bond acceptors (Lipinski definition) is 3. The van der Waals surface area contributed by atoms with Crippen molar-refractivity contribution in [1.82, 2.24) is 5.32 Å². The summed E-state index contributed by atoms with van der Waals surface area (Å²) in [6, 6.07) is 7.51. The molecule has 98 valence electrons. The molecule has 2 atom stereocenters. The Morgan fingerprint density at radius 3 is 2.89 bits per heavy atom. The van der Waals surface area contributed by atoms with Crippen molar-refractivity contribution >= 4 is 5.91 Å². The lowest BCUT2D eigenvalue weighted by Crippen LogP contribution is -2.46. The predicted molar refractivity (Wildman–Crippen MR) is 70.4 cm³/mol. The van der Waals surface area contributed by atoms with Gasteiger partial charge in [-0.25, -0.2) is 0 Å². The summed E-state index contributed by atoms with van der Waals surface area (Å²) in [4.78, 5) is 11.7.